The lowest BCUT2D eigenvalue weighted by Gasteiger charge is -2.25. The van der Waals surface area contributed by atoms with Crippen molar-refractivity contribution >= 4 is 58.6 Å². The van der Waals surface area contributed by atoms with Gasteiger partial charge in [-0.15, -0.1) is 0 Å². The van der Waals surface area contributed by atoms with E-state index >= 15 is 0 Å². The molecule has 306 valence electrons. The molecule has 14 nitrogen and oxygen atoms in total. The highest BCUT2D eigenvalue weighted by Crippen LogP contribution is 2.48. The van der Waals surface area contributed by atoms with E-state index in [1.54, 1.807) is 74.5 Å². The molecule has 0 bridgehead atoms. The number of ether oxygens (including phenoxy) is 1. The third-order valence-corrected chi connectivity index (χ3v) is 9.38. The number of carboxylic acids is 1. The molecule has 0 atom stereocenters. The van der Waals surface area contributed by atoms with Crippen LogP contribution in [0.2, 0.25) is 5.02 Å². The molecule has 1 aliphatic rings. The Morgan fingerprint density at radius 2 is 1.41 bits per heavy atom. The number of benzene rings is 4. The summed E-state index contributed by atoms with van der Waals surface area (Å²) in [6, 6.07) is 25.8. The summed E-state index contributed by atoms with van der Waals surface area (Å²) in [6.45, 7) is 2.17. The van der Waals surface area contributed by atoms with E-state index in [4.69, 9.17) is 16.3 Å². The number of hydrogen-bond acceptors (Lipinski definition) is 10. The number of carbonyl (C=O) groups is 4. The summed E-state index contributed by atoms with van der Waals surface area (Å²) < 4.78 is 43.8. The first-order valence-corrected chi connectivity index (χ1v) is 18.5. The van der Waals surface area contributed by atoms with Crippen LogP contribution in [0.3, 0.4) is 0 Å². The predicted molar refractivity (Wildman–Crippen MR) is 214 cm³/mol. The zero-order valence-corrected chi connectivity index (χ0v) is 32.4. The molecule has 6 N–H and O–H groups in total. The fraction of sp³-hybridized carbons (Fsp3) is 0.244. The number of carboxylic acid groups (broad SMARTS) is 1. The van der Waals surface area contributed by atoms with E-state index in [0.29, 0.717) is 27.5 Å². The van der Waals surface area contributed by atoms with Crippen molar-refractivity contribution in [2.75, 3.05) is 35.6 Å². The first-order chi connectivity index (χ1) is 28.0. The number of aromatic nitrogens is 3. The fourth-order valence-electron chi connectivity index (χ4n) is 5.76. The second-order valence-electron chi connectivity index (χ2n) is 14.5. The highest BCUT2D eigenvalue weighted by molar-refractivity contribution is 6.39. The van der Waals surface area contributed by atoms with E-state index in [9.17, 15) is 37.5 Å². The quantitative estimate of drug-likeness (QED) is 0.0585. The van der Waals surface area contributed by atoms with E-state index in [1.807, 2.05) is 12.1 Å². The molecular weight excluding hydrogens is 793 g/mol. The van der Waals surface area contributed by atoms with Gasteiger partial charge < -0.3 is 36.4 Å². The first-order valence-electron chi connectivity index (χ1n) is 18.1. The van der Waals surface area contributed by atoms with Crippen molar-refractivity contribution in [3.63, 3.8) is 0 Å². The zero-order valence-electron chi connectivity index (χ0n) is 31.6. The van der Waals surface area contributed by atoms with Gasteiger partial charge in [0.2, 0.25) is 11.9 Å². The largest absolute Gasteiger partial charge is 0.478 e. The van der Waals surface area contributed by atoms with Crippen molar-refractivity contribution in [2.45, 2.75) is 38.4 Å². The second-order valence-corrected chi connectivity index (χ2v) is 15.0. The maximum absolute atomic E-state index is 13.0. The Morgan fingerprint density at radius 3 is 2.05 bits per heavy atom. The lowest BCUT2D eigenvalue weighted by molar-refractivity contribution is -0.154. The van der Waals surface area contributed by atoms with Crippen LogP contribution in [0.5, 0.6) is 6.01 Å². The zero-order chi connectivity index (χ0) is 42.4. The van der Waals surface area contributed by atoms with Crippen LogP contribution in [-0.4, -0.2) is 69.6 Å². The summed E-state index contributed by atoms with van der Waals surface area (Å²) in [5.41, 5.74) is 2.32. The Hall–Kier alpha value is -6.75. The smallest absolute Gasteiger partial charge is 0.422 e. The number of halogens is 4. The number of nitrogens with one attached hydrogen (secondary N) is 5. The maximum Gasteiger partial charge on any atom is 0.422 e. The third-order valence-electron chi connectivity index (χ3n) is 9.13. The van der Waals surface area contributed by atoms with Gasteiger partial charge in [0, 0.05) is 35.1 Å². The summed E-state index contributed by atoms with van der Waals surface area (Å²) in [5.74, 6) is -3.33. The normalized spacial score (nSPS) is 13.1. The monoisotopic (exact) mass is 830 g/mol. The van der Waals surface area contributed by atoms with E-state index in [2.05, 4.69) is 41.5 Å². The van der Waals surface area contributed by atoms with Crippen molar-refractivity contribution in [3.8, 4) is 17.1 Å². The highest BCUT2D eigenvalue weighted by Gasteiger charge is 2.45. The molecule has 59 heavy (non-hydrogen) atoms. The molecule has 0 radical (unpaired) electrons. The van der Waals surface area contributed by atoms with Gasteiger partial charge in [-0.1, -0.05) is 61.8 Å². The van der Waals surface area contributed by atoms with Crippen LogP contribution in [0.15, 0.2) is 97.1 Å². The van der Waals surface area contributed by atoms with Crippen LogP contribution in [0.1, 0.15) is 53.0 Å². The summed E-state index contributed by atoms with van der Waals surface area (Å²) in [7, 11) is 0. The summed E-state index contributed by atoms with van der Waals surface area (Å²) in [4.78, 5) is 61.9. The summed E-state index contributed by atoms with van der Waals surface area (Å²) in [6.07, 6.45) is -3.17. The topological polar surface area (TPSA) is 197 Å². The van der Waals surface area contributed by atoms with Crippen LogP contribution in [0.4, 0.5) is 36.4 Å². The molecule has 1 saturated carbocycles. The van der Waals surface area contributed by atoms with Crippen molar-refractivity contribution in [1.29, 1.82) is 0 Å². The number of rotatable bonds is 15. The fourth-order valence-corrected chi connectivity index (χ4v) is 5.88. The Bertz CT molecular complexity index is 2340. The van der Waals surface area contributed by atoms with Crippen molar-refractivity contribution in [2.24, 2.45) is 5.41 Å². The minimum Gasteiger partial charge on any atom is -0.478 e. The summed E-state index contributed by atoms with van der Waals surface area (Å²) in [5, 5.41) is 23.9. The molecule has 4 aromatic carbocycles. The van der Waals surface area contributed by atoms with Gasteiger partial charge in [-0.2, -0.15) is 28.1 Å². The number of nitrogens with zero attached hydrogens (tertiary/aromatic N) is 3. The Labute approximate surface area is 341 Å². The minimum absolute atomic E-state index is 0.00318. The minimum atomic E-state index is -4.62. The number of anilines is 4. The molecule has 5 aromatic rings. The Kier molecular flexibility index (Phi) is 12.3. The Morgan fingerprint density at radius 1 is 0.763 bits per heavy atom. The molecule has 0 aliphatic heterocycles. The average Bonchev–Trinajstić information content (AvgIpc) is 3.99. The van der Waals surface area contributed by atoms with Gasteiger partial charge in [0.1, 0.15) is 0 Å². The molecular formula is C41H38ClF3N8O6. The van der Waals surface area contributed by atoms with Gasteiger partial charge in [-0.25, -0.2) is 4.79 Å². The van der Waals surface area contributed by atoms with Crippen molar-refractivity contribution < 1.29 is 42.2 Å². The number of carbonyl (C=O) groups excluding carboxylic acids is 3. The van der Waals surface area contributed by atoms with E-state index < -0.39 is 53.4 Å². The molecule has 6 rings (SSSR count). The predicted octanol–water partition coefficient (Wildman–Crippen LogP) is 7.19. The van der Waals surface area contributed by atoms with Gasteiger partial charge in [0.15, 0.2) is 6.61 Å². The number of amides is 3. The summed E-state index contributed by atoms with van der Waals surface area (Å²) >= 11 is 6.04. The van der Waals surface area contributed by atoms with Crippen LogP contribution >= 0.6 is 11.6 Å². The average molecular weight is 831 g/mol. The van der Waals surface area contributed by atoms with Crippen LogP contribution in [0, 0.1) is 5.41 Å². The van der Waals surface area contributed by atoms with Crippen molar-refractivity contribution in [1.82, 2.24) is 25.6 Å². The SMILES string of the molecule is CC(C)(CNC(=O)C(=O)Nc1ccc(-c2cccc(C(=O)O)c2)cc1)CNC(=O)c1ccc(Nc2nc(NC3(c4ccc(Cl)cc4)CC3)nc(OCC(F)(F)F)n2)cc1. The van der Waals surface area contributed by atoms with Gasteiger partial charge in [0.05, 0.1) is 11.1 Å². The molecule has 1 fully saturated rings. The lowest BCUT2D eigenvalue weighted by Crippen LogP contribution is -2.44. The molecule has 1 heterocycles. The second kappa shape index (κ2) is 17.4. The number of hydrogen-bond donors (Lipinski definition) is 6. The van der Waals surface area contributed by atoms with Crippen LogP contribution < -0.4 is 31.3 Å². The van der Waals surface area contributed by atoms with Gasteiger partial charge in [-0.05, 0) is 95.6 Å². The lowest BCUT2D eigenvalue weighted by atomic mass is 9.93. The molecule has 1 aromatic heterocycles. The first kappa shape index (κ1) is 41.9. The van der Waals surface area contributed by atoms with Crippen LogP contribution in [0.25, 0.3) is 11.1 Å². The van der Waals surface area contributed by atoms with Gasteiger partial charge in [0.25, 0.3) is 5.91 Å². The van der Waals surface area contributed by atoms with E-state index in [0.717, 1.165) is 24.0 Å². The Balaban J connectivity index is 1.00. The van der Waals surface area contributed by atoms with Gasteiger partial charge >= 0.3 is 30.0 Å². The molecule has 0 unspecified atom stereocenters. The molecule has 3 amide bonds. The van der Waals surface area contributed by atoms with E-state index in [1.165, 1.54) is 24.3 Å². The number of alkyl halides is 3. The third kappa shape index (κ3) is 11.7. The van der Waals surface area contributed by atoms with E-state index in [-0.39, 0.29) is 30.5 Å². The van der Waals surface area contributed by atoms with Crippen molar-refractivity contribution in [3.05, 3.63) is 119 Å². The molecule has 18 heteroatoms. The maximum atomic E-state index is 13.0. The standard InChI is InChI=1S/C41H38ClF3N8O6/c1-39(2,22-47-33(55)34(56)48-30-14-6-24(7-15-30)26-4-3-5-27(20-26)35(57)58)21-46-32(54)25-8-16-31(17-9-25)49-36-50-37(52-38(51-36)59-23-41(43,44)45)53-40(18-19-40)28-10-12-29(42)13-11-28/h3-17,20H,18-19,21-23H2,1-2H3,(H,46,54)(H,47,55)(H,48,56)(H,57,58)(H2,49,50,51,52,53). The van der Waals surface area contributed by atoms with Gasteiger partial charge in [-0.3, -0.25) is 14.4 Å². The highest BCUT2D eigenvalue weighted by atomic mass is 35.5. The molecule has 0 saturated heterocycles. The van der Waals surface area contributed by atoms with Crippen LogP contribution in [-0.2, 0) is 15.1 Å². The molecule has 0 spiro atoms. The molecule has 1 aliphatic carbocycles. The number of aromatic carboxylic acids is 1.